The lowest BCUT2D eigenvalue weighted by Crippen LogP contribution is -2.48. The number of hydrogen-bond acceptors (Lipinski definition) is 5. The van der Waals surface area contributed by atoms with Gasteiger partial charge in [-0.15, -0.1) is 0 Å². The van der Waals surface area contributed by atoms with Gasteiger partial charge in [0.15, 0.2) is 24.1 Å². The number of aliphatic imine (C=N–C) groups is 1. The number of ether oxygens (including phenoxy) is 3. The average Bonchev–Trinajstić information content (AvgIpc) is 2.71. The number of nitrogens with zero attached hydrogens (tertiary/aromatic N) is 2. The van der Waals surface area contributed by atoms with Gasteiger partial charge in [-0.2, -0.15) is 13.2 Å². The third kappa shape index (κ3) is 7.53. The molecule has 1 fully saturated rings. The molecule has 1 aromatic rings. The van der Waals surface area contributed by atoms with Crippen LogP contribution >= 0.6 is 0 Å². The molecule has 0 bridgehead atoms. The summed E-state index contributed by atoms with van der Waals surface area (Å²) < 4.78 is 51.8. The van der Waals surface area contributed by atoms with Gasteiger partial charge < -0.3 is 30.2 Å². The Morgan fingerprint density at radius 2 is 2.00 bits per heavy atom. The van der Waals surface area contributed by atoms with Crippen LogP contribution in [0.25, 0.3) is 0 Å². The normalized spacial score (nSPS) is 15.6. The van der Waals surface area contributed by atoms with E-state index in [0.717, 1.165) is 0 Å². The molecule has 11 heteroatoms. The minimum absolute atomic E-state index is 0.00186. The van der Waals surface area contributed by atoms with Gasteiger partial charge in [0.05, 0.1) is 20.3 Å². The Hall–Kier alpha value is -2.85. The first-order valence-electron chi connectivity index (χ1n) is 9.56. The van der Waals surface area contributed by atoms with Crippen LogP contribution in [0.4, 0.5) is 18.0 Å². The number of halogens is 3. The summed E-state index contributed by atoms with van der Waals surface area (Å²) in [5, 5.41) is 3.13. The Morgan fingerprint density at radius 3 is 2.60 bits per heavy atom. The van der Waals surface area contributed by atoms with Gasteiger partial charge in [0.1, 0.15) is 0 Å². The molecule has 3 N–H and O–H groups in total. The van der Waals surface area contributed by atoms with E-state index in [1.165, 1.54) is 13.2 Å². The molecule has 0 spiro atoms. The maximum atomic E-state index is 12.3. The Bertz CT molecular complexity index is 735. The van der Waals surface area contributed by atoms with Crippen molar-refractivity contribution in [2.45, 2.75) is 38.5 Å². The van der Waals surface area contributed by atoms with E-state index in [1.54, 1.807) is 24.0 Å². The van der Waals surface area contributed by atoms with Crippen LogP contribution in [0.15, 0.2) is 23.2 Å². The van der Waals surface area contributed by atoms with Crippen LogP contribution in [0.2, 0.25) is 0 Å². The lowest BCUT2D eigenvalue weighted by Gasteiger charge is -2.31. The lowest BCUT2D eigenvalue weighted by atomic mass is 10.1. The molecule has 1 aliphatic heterocycles. The smallest absolute Gasteiger partial charge is 0.422 e. The Balaban J connectivity index is 1.86. The number of carbonyl (C=O) groups excluding carboxylic acids is 1. The van der Waals surface area contributed by atoms with Gasteiger partial charge in [0, 0.05) is 19.1 Å². The van der Waals surface area contributed by atoms with Crippen molar-refractivity contribution in [2.24, 2.45) is 10.7 Å². The lowest BCUT2D eigenvalue weighted by molar-refractivity contribution is -0.153. The number of nitrogens with one attached hydrogen (secondary N) is 1. The first-order valence-corrected chi connectivity index (χ1v) is 9.56. The quantitative estimate of drug-likeness (QED) is 0.508. The molecule has 1 aromatic carbocycles. The minimum atomic E-state index is -4.43. The van der Waals surface area contributed by atoms with Crippen molar-refractivity contribution in [3.63, 3.8) is 0 Å². The third-order valence-electron chi connectivity index (χ3n) is 4.42. The van der Waals surface area contributed by atoms with Crippen LogP contribution in [0.1, 0.15) is 25.3 Å². The SMILES string of the molecule is CCOC(=O)N1CCC(NC(N)=NCc2ccc(OCC(F)(F)F)c(OC)c2)CC1. The molecule has 0 atom stereocenters. The molecule has 2 rings (SSSR count). The van der Waals surface area contributed by atoms with Crippen molar-refractivity contribution in [1.29, 1.82) is 0 Å². The number of alkyl halides is 3. The van der Waals surface area contributed by atoms with Crippen molar-refractivity contribution in [3.8, 4) is 11.5 Å². The predicted molar refractivity (Wildman–Crippen MR) is 105 cm³/mol. The van der Waals surface area contributed by atoms with Crippen LogP contribution in [-0.4, -0.2) is 62.6 Å². The maximum Gasteiger partial charge on any atom is 0.422 e. The molecular formula is C19H27F3N4O4. The first-order chi connectivity index (χ1) is 14.2. The highest BCUT2D eigenvalue weighted by atomic mass is 19.4. The van der Waals surface area contributed by atoms with Crippen LogP contribution < -0.4 is 20.5 Å². The van der Waals surface area contributed by atoms with E-state index in [1.807, 2.05) is 0 Å². The highest BCUT2D eigenvalue weighted by Crippen LogP contribution is 2.30. The topological polar surface area (TPSA) is 98.4 Å². The van der Waals surface area contributed by atoms with Crippen molar-refractivity contribution in [1.82, 2.24) is 10.2 Å². The number of carbonyl (C=O) groups is 1. The number of guanidine groups is 1. The second-order valence-corrected chi connectivity index (χ2v) is 6.70. The summed E-state index contributed by atoms with van der Waals surface area (Å²) in [7, 11) is 1.35. The largest absolute Gasteiger partial charge is 0.493 e. The number of methoxy groups -OCH3 is 1. The van der Waals surface area contributed by atoms with Crippen molar-refractivity contribution in [2.75, 3.05) is 33.4 Å². The van der Waals surface area contributed by atoms with E-state index in [0.29, 0.717) is 38.1 Å². The summed E-state index contributed by atoms with van der Waals surface area (Å²) in [6.07, 6.45) is -3.31. The number of hydrogen-bond donors (Lipinski definition) is 2. The van der Waals surface area contributed by atoms with E-state index in [9.17, 15) is 18.0 Å². The Kier molecular flexibility index (Phi) is 8.43. The first kappa shape index (κ1) is 23.4. The summed E-state index contributed by atoms with van der Waals surface area (Å²) in [5.41, 5.74) is 6.65. The van der Waals surface area contributed by atoms with Gasteiger partial charge in [0.25, 0.3) is 0 Å². The highest BCUT2D eigenvalue weighted by Gasteiger charge is 2.29. The summed E-state index contributed by atoms with van der Waals surface area (Å²) >= 11 is 0. The zero-order chi connectivity index (χ0) is 22.1. The Labute approximate surface area is 173 Å². The molecule has 168 valence electrons. The average molecular weight is 432 g/mol. The van der Waals surface area contributed by atoms with E-state index in [4.69, 9.17) is 19.9 Å². The van der Waals surface area contributed by atoms with E-state index in [2.05, 4.69) is 10.3 Å². The van der Waals surface area contributed by atoms with Crippen molar-refractivity contribution >= 4 is 12.1 Å². The second-order valence-electron chi connectivity index (χ2n) is 6.70. The summed E-state index contributed by atoms with van der Waals surface area (Å²) in [6.45, 7) is 2.07. The van der Waals surface area contributed by atoms with Gasteiger partial charge in [-0.1, -0.05) is 6.07 Å². The number of rotatable bonds is 7. The number of amides is 1. The molecule has 0 aromatic heterocycles. The number of benzene rings is 1. The van der Waals surface area contributed by atoms with E-state index in [-0.39, 0.29) is 36.1 Å². The number of nitrogens with two attached hydrogens (primary N) is 1. The summed E-state index contributed by atoms with van der Waals surface area (Å²) in [6, 6.07) is 4.65. The standard InChI is InChI=1S/C19H27F3N4O4/c1-3-29-18(27)26-8-6-14(7-9-26)25-17(23)24-11-13-4-5-15(16(10-13)28-2)30-12-19(20,21)22/h4-5,10,14H,3,6-9,11-12H2,1-2H3,(H3,23,24,25). The fourth-order valence-corrected chi connectivity index (χ4v) is 2.94. The second kappa shape index (κ2) is 10.8. The molecule has 8 nitrogen and oxygen atoms in total. The summed E-state index contributed by atoms with van der Waals surface area (Å²) in [5.74, 6) is 0.438. The van der Waals surface area contributed by atoms with Gasteiger partial charge in [-0.25, -0.2) is 9.79 Å². The molecular weight excluding hydrogens is 405 g/mol. The van der Waals surface area contributed by atoms with Crippen LogP contribution in [-0.2, 0) is 11.3 Å². The molecule has 0 unspecified atom stereocenters. The fraction of sp³-hybridized carbons (Fsp3) is 0.579. The maximum absolute atomic E-state index is 12.3. The minimum Gasteiger partial charge on any atom is -0.493 e. The van der Waals surface area contributed by atoms with Crippen molar-refractivity contribution < 1.29 is 32.2 Å². The molecule has 1 saturated heterocycles. The van der Waals surface area contributed by atoms with Crippen molar-refractivity contribution in [3.05, 3.63) is 23.8 Å². The molecule has 1 aliphatic rings. The fourth-order valence-electron chi connectivity index (χ4n) is 2.94. The molecule has 1 heterocycles. The van der Waals surface area contributed by atoms with Crippen LogP contribution in [0.5, 0.6) is 11.5 Å². The number of likely N-dealkylation sites (tertiary alicyclic amines) is 1. The third-order valence-corrected chi connectivity index (χ3v) is 4.42. The highest BCUT2D eigenvalue weighted by molar-refractivity contribution is 5.78. The summed E-state index contributed by atoms with van der Waals surface area (Å²) in [4.78, 5) is 17.6. The molecule has 0 radical (unpaired) electrons. The molecule has 0 aliphatic carbocycles. The molecule has 30 heavy (non-hydrogen) atoms. The van der Waals surface area contributed by atoms with Gasteiger partial charge in [-0.3, -0.25) is 0 Å². The van der Waals surface area contributed by atoms with Crippen LogP contribution in [0.3, 0.4) is 0 Å². The Morgan fingerprint density at radius 1 is 1.30 bits per heavy atom. The van der Waals surface area contributed by atoms with Crippen LogP contribution in [0, 0.1) is 0 Å². The van der Waals surface area contributed by atoms with E-state index < -0.39 is 12.8 Å². The molecule has 1 amide bonds. The zero-order valence-corrected chi connectivity index (χ0v) is 17.0. The van der Waals surface area contributed by atoms with Gasteiger partial charge in [0.2, 0.25) is 0 Å². The predicted octanol–water partition coefficient (Wildman–Crippen LogP) is 2.66. The molecule has 0 saturated carbocycles. The monoisotopic (exact) mass is 432 g/mol. The van der Waals surface area contributed by atoms with Gasteiger partial charge in [-0.05, 0) is 37.5 Å². The zero-order valence-electron chi connectivity index (χ0n) is 17.0. The van der Waals surface area contributed by atoms with E-state index >= 15 is 0 Å². The van der Waals surface area contributed by atoms with Gasteiger partial charge >= 0.3 is 12.3 Å². The number of piperidine rings is 1.